The van der Waals surface area contributed by atoms with Crippen molar-refractivity contribution in [3.8, 4) is 0 Å². The number of aromatic amines is 1. The lowest BCUT2D eigenvalue weighted by molar-refractivity contribution is -0.132. The number of fused-ring (bicyclic) bond motifs is 1. The summed E-state index contributed by atoms with van der Waals surface area (Å²) in [5, 5.41) is 0. The molecule has 8 heteroatoms. The first-order valence-electron chi connectivity index (χ1n) is 8.54. The van der Waals surface area contributed by atoms with Crippen molar-refractivity contribution in [2.75, 3.05) is 13.1 Å². The summed E-state index contributed by atoms with van der Waals surface area (Å²) in [4.78, 5) is 37.6. The van der Waals surface area contributed by atoms with E-state index in [1.165, 1.54) is 18.5 Å². The van der Waals surface area contributed by atoms with Crippen LogP contribution in [0.3, 0.4) is 0 Å². The van der Waals surface area contributed by atoms with Crippen molar-refractivity contribution in [3.63, 3.8) is 0 Å². The Morgan fingerprint density at radius 3 is 2.92 bits per heavy atom. The van der Waals surface area contributed by atoms with Crippen LogP contribution in [0.4, 0.5) is 4.39 Å². The summed E-state index contributed by atoms with van der Waals surface area (Å²) in [5.74, 6) is -0.344. The number of hydrogen-bond acceptors (Lipinski definition) is 4. The van der Waals surface area contributed by atoms with E-state index in [1.807, 2.05) is 0 Å². The molecular formula is C18H18FN5O2. The number of benzene rings is 1. The summed E-state index contributed by atoms with van der Waals surface area (Å²) in [7, 11) is 0. The quantitative estimate of drug-likeness (QED) is 0.775. The molecule has 26 heavy (non-hydrogen) atoms. The molecule has 1 aliphatic heterocycles. The minimum atomic E-state index is -0.320. The van der Waals surface area contributed by atoms with Gasteiger partial charge in [0, 0.05) is 13.1 Å². The van der Waals surface area contributed by atoms with Crippen LogP contribution in [0, 0.1) is 5.82 Å². The molecule has 2 aromatic heterocycles. The van der Waals surface area contributed by atoms with E-state index in [9.17, 15) is 14.0 Å². The second-order valence-corrected chi connectivity index (χ2v) is 6.50. The second-order valence-electron chi connectivity index (χ2n) is 6.50. The van der Waals surface area contributed by atoms with Crippen LogP contribution in [-0.4, -0.2) is 43.4 Å². The lowest BCUT2D eigenvalue weighted by atomic mass is 10.0. The number of aromatic nitrogens is 4. The van der Waals surface area contributed by atoms with Crippen LogP contribution in [0.1, 0.15) is 24.4 Å². The summed E-state index contributed by atoms with van der Waals surface area (Å²) in [6.07, 6.45) is 4.81. The second kappa shape index (κ2) is 6.70. The third kappa shape index (κ3) is 3.10. The fraction of sp³-hybridized carbons (Fsp3) is 0.333. The standard InChI is InChI=1S/C18H18FN5O2/c19-13-5-3-12(4-6-13)8-16(25)23-7-1-2-14(10-23)24-17-15(22-18(24)26)9-20-11-21-17/h3-6,9,11,14H,1-2,7-8,10H2,(H,22,26). The van der Waals surface area contributed by atoms with Crippen molar-refractivity contribution in [2.45, 2.75) is 25.3 Å². The molecule has 0 bridgehead atoms. The van der Waals surface area contributed by atoms with Gasteiger partial charge in [0.25, 0.3) is 0 Å². The molecule has 1 fully saturated rings. The van der Waals surface area contributed by atoms with Gasteiger partial charge in [-0.25, -0.2) is 19.2 Å². The number of rotatable bonds is 3. The van der Waals surface area contributed by atoms with Crippen molar-refractivity contribution in [2.24, 2.45) is 0 Å². The summed E-state index contributed by atoms with van der Waals surface area (Å²) >= 11 is 0. The Hall–Kier alpha value is -3.03. The van der Waals surface area contributed by atoms with E-state index < -0.39 is 0 Å². The third-order valence-corrected chi connectivity index (χ3v) is 4.76. The zero-order valence-electron chi connectivity index (χ0n) is 14.1. The van der Waals surface area contributed by atoms with E-state index in [0.29, 0.717) is 24.3 Å². The highest BCUT2D eigenvalue weighted by atomic mass is 19.1. The average Bonchev–Trinajstić information content (AvgIpc) is 2.99. The Morgan fingerprint density at radius 1 is 1.31 bits per heavy atom. The Labute approximate surface area is 148 Å². The fourth-order valence-corrected chi connectivity index (χ4v) is 3.49. The van der Waals surface area contributed by atoms with E-state index in [1.54, 1.807) is 27.8 Å². The van der Waals surface area contributed by atoms with Crippen LogP contribution in [0.2, 0.25) is 0 Å². The average molecular weight is 355 g/mol. The molecular weight excluding hydrogens is 337 g/mol. The number of imidazole rings is 1. The summed E-state index contributed by atoms with van der Waals surface area (Å²) < 4.78 is 14.6. The summed E-state index contributed by atoms with van der Waals surface area (Å²) in [6.45, 7) is 1.11. The normalized spacial score (nSPS) is 17.6. The summed E-state index contributed by atoms with van der Waals surface area (Å²) in [5.41, 5.74) is 1.68. The molecule has 0 aliphatic carbocycles. The maximum Gasteiger partial charge on any atom is 0.328 e. The van der Waals surface area contributed by atoms with Gasteiger partial charge in [-0.15, -0.1) is 0 Å². The predicted molar refractivity (Wildman–Crippen MR) is 93.1 cm³/mol. The van der Waals surface area contributed by atoms with Gasteiger partial charge in [-0.1, -0.05) is 12.1 Å². The lowest BCUT2D eigenvalue weighted by Crippen LogP contribution is -2.43. The summed E-state index contributed by atoms with van der Waals surface area (Å²) in [6, 6.07) is 5.82. The van der Waals surface area contributed by atoms with Gasteiger partial charge in [0.1, 0.15) is 17.7 Å². The van der Waals surface area contributed by atoms with Crippen molar-refractivity contribution in [1.29, 1.82) is 0 Å². The van der Waals surface area contributed by atoms with Gasteiger partial charge in [0.15, 0.2) is 5.65 Å². The molecule has 4 rings (SSSR count). The molecule has 1 unspecified atom stereocenters. The molecule has 3 aromatic rings. The number of amides is 1. The highest BCUT2D eigenvalue weighted by Gasteiger charge is 2.27. The number of piperidine rings is 1. The Bertz CT molecular complexity index is 995. The number of carbonyl (C=O) groups is 1. The monoisotopic (exact) mass is 355 g/mol. The molecule has 7 nitrogen and oxygen atoms in total. The number of carbonyl (C=O) groups excluding carboxylic acids is 1. The van der Waals surface area contributed by atoms with Crippen molar-refractivity contribution in [1.82, 2.24) is 24.4 Å². The molecule has 1 N–H and O–H groups in total. The minimum Gasteiger partial charge on any atom is -0.340 e. The lowest BCUT2D eigenvalue weighted by Gasteiger charge is -2.33. The molecule has 3 heterocycles. The van der Waals surface area contributed by atoms with Gasteiger partial charge in [-0.05, 0) is 30.5 Å². The first-order valence-corrected chi connectivity index (χ1v) is 8.54. The zero-order chi connectivity index (χ0) is 18.1. The molecule has 1 atom stereocenters. The molecule has 1 aromatic carbocycles. The maximum absolute atomic E-state index is 13.0. The third-order valence-electron chi connectivity index (χ3n) is 4.76. The first-order chi connectivity index (χ1) is 12.6. The van der Waals surface area contributed by atoms with E-state index in [0.717, 1.165) is 18.4 Å². The van der Waals surface area contributed by atoms with Gasteiger partial charge in [0.05, 0.1) is 18.7 Å². The van der Waals surface area contributed by atoms with Gasteiger partial charge in [0.2, 0.25) is 5.91 Å². The van der Waals surface area contributed by atoms with Crippen LogP contribution in [0.15, 0.2) is 41.6 Å². The first kappa shape index (κ1) is 16.4. The van der Waals surface area contributed by atoms with Crippen LogP contribution < -0.4 is 5.69 Å². The van der Waals surface area contributed by atoms with Gasteiger partial charge < -0.3 is 9.88 Å². The fourth-order valence-electron chi connectivity index (χ4n) is 3.49. The smallest absolute Gasteiger partial charge is 0.328 e. The molecule has 0 saturated carbocycles. The minimum absolute atomic E-state index is 0.0242. The number of halogens is 1. The number of nitrogens with zero attached hydrogens (tertiary/aromatic N) is 4. The van der Waals surface area contributed by atoms with Crippen LogP contribution in [0.25, 0.3) is 11.2 Å². The predicted octanol–water partition coefficient (Wildman–Crippen LogP) is 1.66. The van der Waals surface area contributed by atoms with Crippen LogP contribution >= 0.6 is 0 Å². The molecule has 1 amide bonds. The highest BCUT2D eigenvalue weighted by Crippen LogP contribution is 2.23. The molecule has 0 spiro atoms. The van der Waals surface area contributed by atoms with Crippen LogP contribution in [0.5, 0.6) is 0 Å². The van der Waals surface area contributed by atoms with Gasteiger partial charge >= 0.3 is 5.69 Å². The number of nitrogens with one attached hydrogen (secondary N) is 1. The molecule has 0 radical (unpaired) electrons. The highest BCUT2D eigenvalue weighted by molar-refractivity contribution is 5.79. The SMILES string of the molecule is O=C(Cc1ccc(F)cc1)N1CCCC(n2c(=O)[nH]c3cncnc32)C1. The van der Waals surface area contributed by atoms with E-state index >= 15 is 0 Å². The number of H-pyrrole nitrogens is 1. The van der Waals surface area contributed by atoms with E-state index in [2.05, 4.69) is 15.0 Å². The molecule has 1 saturated heterocycles. The Kier molecular flexibility index (Phi) is 4.24. The van der Waals surface area contributed by atoms with E-state index in [4.69, 9.17) is 0 Å². The largest absolute Gasteiger partial charge is 0.340 e. The molecule has 134 valence electrons. The van der Waals surface area contributed by atoms with Crippen molar-refractivity contribution < 1.29 is 9.18 Å². The van der Waals surface area contributed by atoms with E-state index in [-0.39, 0.29) is 29.9 Å². The maximum atomic E-state index is 13.0. The number of hydrogen-bond donors (Lipinski definition) is 1. The Morgan fingerprint density at radius 2 is 2.12 bits per heavy atom. The van der Waals surface area contributed by atoms with Crippen molar-refractivity contribution in [3.05, 3.63) is 58.7 Å². The van der Waals surface area contributed by atoms with Crippen molar-refractivity contribution >= 4 is 17.1 Å². The Balaban J connectivity index is 1.53. The zero-order valence-corrected chi connectivity index (χ0v) is 14.1. The topological polar surface area (TPSA) is 83.9 Å². The molecule has 1 aliphatic rings. The number of likely N-dealkylation sites (tertiary alicyclic amines) is 1. The van der Waals surface area contributed by atoms with Gasteiger partial charge in [-0.2, -0.15) is 0 Å². The van der Waals surface area contributed by atoms with Crippen LogP contribution in [-0.2, 0) is 11.2 Å². The van der Waals surface area contributed by atoms with Gasteiger partial charge in [-0.3, -0.25) is 9.36 Å².